The van der Waals surface area contributed by atoms with Crippen LogP contribution in [0.2, 0.25) is 0 Å². The van der Waals surface area contributed by atoms with Crippen molar-refractivity contribution in [2.75, 3.05) is 11.9 Å². The minimum atomic E-state index is -0.340. The fourth-order valence-corrected chi connectivity index (χ4v) is 4.33. The Labute approximate surface area is 204 Å². The molecule has 174 valence electrons. The van der Waals surface area contributed by atoms with E-state index in [0.717, 1.165) is 27.6 Å². The first-order valence-electron chi connectivity index (χ1n) is 11.7. The van der Waals surface area contributed by atoms with Crippen LogP contribution < -0.4 is 10.1 Å². The first-order valence-corrected chi connectivity index (χ1v) is 11.7. The summed E-state index contributed by atoms with van der Waals surface area (Å²) in [7, 11) is 0. The lowest BCUT2D eigenvalue weighted by Gasteiger charge is -2.16. The molecule has 0 spiro atoms. The van der Waals surface area contributed by atoms with Crippen LogP contribution in [0, 0.1) is 6.92 Å². The van der Waals surface area contributed by atoms with E-state index in [-0.39, 0.29) is 24.1 Å². The van der Waals surface area contributed by atoms with Gasteiger partial charge in [-0.15, -0.1) is 0 Å². The van der Waals surface area contributed by atoms with Gasteiger partial charge in [-0.2, -0.15) is 0 Å². The maximum absolute atomic E-state index is 13.6. The highest BCUT2D eigenvalue weighted by atomic mass is 16.5. The van der Waals surface area contributed by atoms with Gasteiger partial charge in [-0.3, -0.25) is 14.5 Å². The maximum Gasteiger partial charge on any atom is 0.278 e. The lowest BCUT2D eigenvalue weighted by molar-refractivity contribution is -0.137. The van der Waals surface area contributed by atoms with Crippen LogP contribution >= 0.6 is 0 Å². The lowest BCUT2D eigenvalue weighted by Crippen LogP contribution is -2.32. The molecule has 0 radical (unpaired) electrons. The average molecular weight is 463 g/mol. The topological polar surface area (TPSA) is 58.6 Å². The third-order valence-corrected chi connectivity index (χ3v) is 6.13. The number of benzene rings is 4. The number of aryl methyl sites for hydroxylation is 1. The third kappa shape index (κ3) is 4.41. The second-order valence-electron chi connectivity index (χ2n) is 8.54. The van der Waals surface area contributed by atoms with E-state index in [4.69, 9.17) is 4.74 Å². The summed E-state index contributed by atoms with van der Waals surface area (Å²) >= 11 is 0. The van der Waals surface area contributed by atoms with Gasteiger partial charge in [0.05, 0.1) is 18.7 Å². The molecule has 1 N–H and O–H groups in total. The Morgan fingerprint density at radius 3 is 2.26 bits per heavy atom. The minimum Gasteiger partial charge on any atom is -0.494 e. The molecular weight excluding hydrogens is 436 g/mol. The zero-order valence-electron chi connectivity index (χ0n) is 19.7. The molecule has 4 aromatic carbocycles. The third-order valence-electron chi connectivity index (χ3n) is 6.13. The van der Waals surface area contributed by atoms with E-state index in [1.807, 2.05) is 105 Å². The molecule has 0 aliphatic carbocycles. The fraction of sp³-hybridized carbons (Fsp3) is 0.133. The summed E-state index contributed by atoms with van der Waals surface area (Å²) in [4.78, 5) is 28.6. The van der Waals surface area contributed by atoms with Crippen LogP contribution in [0.25, 0.3) is 16.3 Å². The van der Waals surface area contributed by atoms with Gasteiger partial charge in [0.2, 0.25) is 0 Å². The molecule has 1 aliphatic heterocycles. The summed E-state index contributed by atoms with van der Waals surface area (Å²) < 4.78 is 5.56. The highest BCUT2D eigenvalue weighted by Crippen LogP contribution is 2.34. The molecule has 1 heterocycles. The molecule has 35 heavy (non-hydrogen) atoms. The van der Waals surface area contributed by atoms with Gasteiger partial charge in [0, 0.05) is 11.1 Å². The Morgan fingerprint density at radius 1 is 0.800 bits per heavy atom. The Kier molecular flexibility index (Phi) is 6.06. The summed E-state index contributed by atoms with van der Waals surface area (Å²) in [5, 5.41) is 5.34. The number of hydrogen-bond donors (Lipinski definition) is 1. The molecule has 5 rings (SSSR count). The van der Waals surface area contributed by atoms with Crippen molar-refractivity contribution in [1.29, 1.82) is 0 Å². The second-order valence-corrected chi connectivity index (χ2v) is 8.54. The quantitative estimate of drug-likeness (QED) is 0.345. The number of hydrogen-bond acceptors (Lipinski definition) is 4. The van der Waals surface area contributed by atoms with Crippen molar-refractivity contribution in [1.82, 2.24) is 4.90 Å². The summed E-state index contributed by atoms with van der Waals surface area (Å²) in [5.41, 5.74) is 4.11. The van der Waals surface area contributed by atoms with Crippen molar-refractivity contribution in [2.45, 2.75) is 20.4 Å². The first-order chi connectivity index (χ1) is 17.0. The molecular formula is C30H26N2O3. The summed E-state index contributed by atoms with van der Waals surface area (Å²) in [6.45, 7) is 4.69. The molecule has 5 nitrogen and oxygen atoms in total. The second kappa shape index (κ2) is 9.47. The maximum atomic E-state index is 13.6. The number of fused-ring (bicyclic) bond motifs is 1. The van der Waals surface area contributed by atoms with Crippen molar-refractivity contribution in [3.63, 3.8) is 0 Å². The van der Waals surface area contributed by atoms with Crippen molar-refractivity contribution < 1.29 is 14.3 Å². The van der Waals surface area contributed by atoms with Crippen LogP contribution in [0.4, 0.5) is 5.69 Å². The van der Waals surface area contributed by atoms with Gasteiger partial charge in [-0.1, -0.05) is 78.4 Å². The SMILES string of the molecule is CCOc1ccc(C2=C(Nc3cccc4ccccc34)C(=O)N(Cc3ccc(C)cc3)C2=O)cc1. The summed E-state index contributed by atoms with van der Waals surface area (Å²) in [5.74, 6) is 0.0589. The van der Waals surface area contributed by atoms with Crippen molar-refractivity contribution in [3.05, 3.63) is 113 Å². The van der Waals surface area contributed by atoms with Gasteiger partial charge >= 0.3 is 0 Å². The molecule has 0 unspecified atom stereocenters. The molecule has 1 aliphatic rings. The predicted molar refractivity (Wildman–Crippen MR) is 139 cm³/mol. The molecule has 2 amide bonds. The highest BCUT2D eigenvalue weighted by molar-refractivity contribution is 6.36. The van der Waals surface area contributed by atoms with Gasteiger partial charge in [-0.05, 0) is 48.6 Å². The van der Waals surface area contributed by atoms with E-state index in [9.17, 15) is 9.59 Å². The van der Waals surface area contributed by atoms with E-state index in [2.05, 4.69) is 5.32 Å². The number of nitrogens with one attached hydrogen (secondary N) is 1. The molecule has 0 aromatic heterocycles. The number of carbonyl (C=O) groups excluding carboxylic acids is 2. The Morgan fingerprint density at radius 2 is 1.51 bits per heavy atom. The van der Waals surface area contributed by atoms with Crippen molar-refractivity contribution in [3.8, 4) is 5.75 Å². The van der Waals surface area contributed by atoms with E-state index >= 15 is 0 Å². The molecule has 0 saturated heterocycles. The van der Waals surface area contributed by atoms with E-state index < -0.39 is 0 Å². The number of amides is 2. The summed E-state index contributed by atoms with van der Waals surface area (Å²) in [6, 6.07) is 29.0. The minimum absolute atomic E-state index is 0.208. The Balaban J connectivity index is 1.57. The average Bonchev–Trinajstić information content (AvgIpc) is 3.10. The highest BCUT2D eigenvalue weighted by Gasteiger charge is 2.39. The van der Waals surface area contributed by atoms with E-state index in [1.54, 1.807) is 0 Å². The first kappa shape index (κ1) is 22.4. The van der Waals surface area contributed by atoms with E-state index in [1.165, 1.54) is 4.90 Å². The lowest BCUT2D eigenvalue weighted by atomic mass is 10.0. The van der Waals surface area contributed by atoms with Crippen LogP contribution in [0.1, 0.15) is 23.6 Å². The van der Waals surface area contributed by atoms with Crippen molar-refractivity contribution in [2.24, 2.45) is 0 Å². The Bertz CT molecular complexity index is 1430. The Hall–Kier alpha value is -4.38. The van der Waals surface area contributed by atoms with E-state index in [0.29, 0.717) is 23.5 Å². The van der Waals surface area contributed by atoms with Gasteiger partial charge < -0.3 is 10.1 Å². The smallest absolute Gasteiger partial charge is 0.278 e. The number of imide groups is 1. The molecule has 0 bridgehead atoms. The number of ether oxygens (including phenoxy) is 1. The zero-order chi connectivity index (χ0) is 24.4. The molecule has 0 atom stereocenters. The van der Waals surface area contributed by atoms with Gasteiger partial charge in [-0.25, -0.2) is 0 Å². The summed E-state index contributed by atoms with van der Waals surface area (Å²) in [6.07, 6.45) is 0. The monoisotopic (exact) mass is 462 g/mol. The van der Waals surface area contributed by atoms with Crippen LogP contribution in [0.3, 0.4) is 0 Å². The normalized spacial score (nSPS) is 13.6. The van der Waals surface area contributed by atoms with Crippen molar-refractivity contribution >= 4 is 33.8 Å². The molecule has 0 fully saturated rings. The standard InChI is InChI=1S/C30H26N2O3/c1-3-35-24-17-15-23(16-18-24)27-28(31-26-10-6-8-22-7-4-5-9-25(22)26)30(34)32(29(27)33)19-21-13-11-20(2)12-14-21/h4-18,31H,3,19H2,1-2H3. The van der Waals surface area contributed by atoms with Crippen LogP contribution in [-0.2, 0) is 16.1 Å². The van der Waals surface area contributed by atoms with Gasteiger partial charge in [0.15, 0.2) is 0 Å². The zero-order valence-corrected chi connectivity index (χ0v) is 19.7. The molecule has 4 aromatic rings. The largest absolute Gasteiger partial charge is 0.494 e. The fourth-order valence-electron chi connectivity index (χ4n) is 4.33. The number of anilines is 1. The van der Waals surface area contributed by atoms with Crippen LogP contribution in [0.15, 0.2) is 96.7 Å². The number of nitrogens with zero attached hydrogens (tertiary/aromatic N) is 1. The predicted octanol–water partition coefficient (Wildman–Crippen LogP) is 5.94. The van der Waals surface area contributed by atoms with Gasteiger partial charge in [0.25, 0.3) is 11.8 Å². The number of carbonyl (C=O) groups is 2. The molecule has 0 saturated carbocycles. The number of rotatable bonds is 7. The molecule has 5 heteroatoms. The van der Waals surface area contributed by atoms with Gasteiger partial charge in [0.1, 0.15) is 11.4 Å². The van der Waals surface area contributed by atoms with Crippen LogP contribution in [-0.4, -0.2) is 23.3 Å². The van der Waals surface area contributed by atoms with Crippen LogP contribution in [0.5, 0.6) is 5.75 Å².